The number of carbonyl (C=O) groups is 3. The second-order valence-electron chi connectivity index (χ2n) is 30.6. The molecule has 0 aliphatic carbocycles. The van der Waals surface area contributed by atoms with Crippen LogP contribution >= 0.6 is 0 Å². The predicted octanol–water partition coefficient (Wildman–Crippen LogP) is 11.7. The molecule has 590 valence electrons. The monoisotopic (exact) mass is 1590 g/mol. The zero-order chi connectivity index (χ0) is 81.1. The summed E-state index contributed by atoms with van der Waals surface area (Å²) < 4.78 is 163. The first-order chi connectivity index (χ1) is 51.8. The fourth-order valence-electron chi connectivity index (χ4n) is 13.6. The highest BCUT2D eigenvalue weighted by molar-refractivity contribution is 7.90. The molecule has 0 radical (unpaired) electrons. The average molecular weight is 1590 g/mol. The highest BCUT2D eigenvalue weighted by Crippen LogP contribution is 2.42. The van der Waals surface area contributed by atoms with Crippen molar-refractivity contribution in [2.45, 2.75) is 147 Å². The second-order valence-corrected chi connectivity index (χ2v) is 35.5. The molecule has 27 nitrogen and oxygen atoms in total. The van der Waals surface area contributed by atoms with E-state index >= 15 is 0 Å². The Morgan fingerprint density at radius 2 is 1.13 bits per heavy atom. The van der Waals surface area contributed by atoms with Crippen LogP contribution in [-0.4, -0.2) is 126 Å². The van der Waals surface area contributed by atoms with Crippen LogP contribution in [0.4, 0.5) is 45.2 Å². The number of aromatic amines is 1. The van der Waals surface area contributed by atoms with Crippen molar-refractivity contribution < 1.29 is 71.1 Å². The molecule has 0 saturated carbocycles. The molecule has 9 aromatic rings. The number of amides is 3. The van der Waals surface area contributed by atoms with Gasteiger partial charge in [0, 0.05) is 72.5 Å². The third-order valence-electron chi connectivity index (χ3n) is 18.3. The molecule has 10 heterocycles. The highest BCUT2D eigenvalue weighted by Gasteiger charge is 2.43. The summed E-state index contributed by atoms with van der Waals surface area (Å²) in [6.45, 7) is 26.7. The summed E-state index contributed by atoms with van der Waals surface area (Å²) in [7, 11) is -13.2. The normalized spacial score (nSPS) is 17.4. The van der Waals surface area contributed by atoms with Crippen LogP contribution in [-0.2, 0) is 42.9 Å². The third kappa shape index (κ3) is 20.0. The number of nitrogens with zero attached hydrogens (tertiary/aromatic N) is 10. The van der Waals surface area contributed by atoms with Crippen LogP contribution in [0.5, 0.6) is 11.8 Å². The van der Waals surface area contributed by atoms with Crippen LogP contribution in [0.3, 0.4) is 0 Å². The number of aromatic nitrogens is 8. The number of nitrogens with one attached hydrogen (secondary N) is 4. The molecule has 111 heavy (non-hydrogen) atoms. The van der Waals surface area contributed by atoms with Crippen molar-refractivity contribution in [2.24, 2.45) is 23.2 Å². The Balaban J connectivity index is 0.000000177. The highest BCUT2D eigenvalue weighted by atomic mass is 32.2. The lowest BCUT2D eigenvalue weighted by molar-refractivity contribution is -0.137. The Bertz CT molecular complexity index is 5410. The number of nitrogens with two attached hydrogens (primary N) is 1. The molecule has 12 rings (SSSR count). The van der Waals surface area contributed by atoms with Crippen molar-refractivity contribution in [1.29, 1.82) is 0 Å². The molecule has 3 aliphatic heterocycles. The molecular formula is C76H86F5N15O12S3. The molecule has 3 saturated heterocycles. The number of anilines is 4. The van der Waals surface area contributed by atoms with Crippen LogP contribution in [0.15, 0.2) is 172 Å². The molecule has 6 N–H and O–H groups in total. The molecule has 3 fully saturated rings. The Hall–Kier alpha value is -10.9. The number of nitrogen functional groups attached to an aromatic ring is 1. The number of carbonyl (C=O) groups excluding carboxylic acids is 3. The van der Waals surface area contributed by atoms with Crippen molar-refractivity contribution in [1.82, 2.24) is 53.9 Å². The van der Waals surface area contributed by atoms with E-state index in [0.717, 1.165) is 55.7 Å². The van der Waals surface area contributed by atoms with Crippen LogP contribution in [0.25, 0.3) is 17.1 Å². The van der Waals surface area contributed by atoms with Gasteiger partial charge in [0.2, 0.25) is 11.8 Å². The lowest BCUT2D eigenvalue weighted by Gasteiger charge is -2.34. The van der Waals surface area contributed by atoms with Gasteiger partial charge < -0.3 is 34.9 Å². The lowest BCUT2D eigenvalue weighted by atomic mass is 9.97. The SMILES string of the molecule is CC1CN(c2ncccc2C(=O)NS(=O)(=O)c2cccc(OCc3cccc(C(F)(F)F)c3)n2)C(C)(C)C1.C[C@@H]1CN(c2nc(-c3cc(F)ccc3F)ccc2C(=O)NS(=O)(=O)c2ccc[nH]c2=O)C(C)(C)C1.C[C@@H]1CN(c2nc(-n3ccc(OCC(C)(C)C)n3)ccc2C(=O)NS(=O)(=O)c2cccc(N)n2)C(C)(C)C1. The van der Waals surface area contributed by atoms with Gasteiger partial charge in [-0.3, -0.25) is 19.2 Å². The average Bonchev–Trinajstić information content (AvgIpc) is 1.59. The van der Waals surface area contributed by atoms with E-state index in [-0.39, 0.29) is 85.1 Å². The number of alkyl halides is 3. The molecular weight excluding hydrogens is 1510 g/mol. The number of hydrogen-bond acceptors (Lipinski definition) is 22. The molecule has 3 aliphatic rings. The number of rotatable bonds is 19. The summed E-state index contributed by atoms with van der Waals surface area (Å²) >= 11 is 0. The number of ether oxygens (including phenoxy) is 2. The quantitative estimate of drug-likeness (QED) is 0.0469. The molecule has 2 aromatic carbocycles. The van der Waals surface area contributed by atoms with Crippen LogP contribution in [0.2, 0.25) is 0 Å². The number of benzene rings is 2. The van der Waals surface area contributed by atoms with Gasteiger partial charge in [-0.1, -0.05) is 65.8 Å². The van der Waals surface area contributed by atoms with Gasteiger partial charge in [-0.2, -0.15) is 35.0 Å². The summed E-state index contributed by atoms with van der Waals surface area (Å²) in [5, 5.41) is 3.66. The smallest absolute Gasteiger partial charge is 0.416 e. The van der Waals surface area contributed by atoms with E-state index in [4.69, 9.17) is 20.2 Å². The van der Waals surface area contributed by atoms with Crippen molar-refractivity contribution in [3.05, 3.63) is 202 Å². The zero-order valence-electron chi connectivity index (χ0n) is 62.9. The maximum absolute atomic E-state index is 14.5. The number of hydrogen-bond donors (Lipinski definition) is 5. The summed E-state index contributed by atoms with van der Waals surface area (Å²) in [6.07, 6.45) is 2.59. The van der Waals surface area contributed by atoms with Crippen LogP contribution in [0, 0.1) is 34.8 Å². The van der Waals surface area contributed by atoms with Gasteiger partial charge in [-0.05, 0) is 187 Å². The molecule has 0 spiro atoms. The third-order valence-corrected chi connectivity index (χ3v) is 22.1. The predicted molar refractivity (Wildman–Crippen MR) is 405 cm³/mol. The van der Waals surface area contributed by atoms with Gasteiger partial charge in [0.15, 0.2) is 20.8 Å². The van der Waals surface area contributed by atoms with Crippen molar-refractivity contribution in [3.63, 3.8) is 0 Å². The van der Waals surface area contributed by atoms with E-state index in [1.807, 2.05) is 58.8 Å². The lowest BCUT2D eigenvalue weighted by Crippen LogP contribution is -2.41. The topological polar surface area (TPSA) is 359 Å². The first-order valence-corrected chi connectivity index (χ1v) is 39.6. The Morgan fingerprint density at radius 1 is 0.586 bits per heavy atom. The minimum atomic E-state index is -4.50. The number of H-pyrrole nitrogens is 1. The summed E-state index contributed by atoms with van der Waals surface area (Å²) in [5.74, 6) is -1.33. The molecule has 7 aromatic heterocycles. The summed E-state index contributed by atoms with van der Waals surface area (Å²) in [4.78, 5) is 80.6. The molecule has 35 heteroatoms. The first kappa shape index (κ1) is 82.6. The minimum Gasteiger partial charge on any atom is -0.476 e. The first-order valence-electron chi connectivity index (χ1n) is 35.1. The van der Waals surface area contributed by atoms with E-state index in [1.165, 1.54) is 79.0 Å². The molecule has 1 unspecified atom stereocenters. The van der Waals surface area contributed by atoms with Gasteiger partial charge in [0.05, 0.1) is 34.6 Å². The standard InChI is InChI=1S/C26H27F3N4O4S.C26H35N7O4S.C24H24F2N4O4S/c1-17-14-25(2,3)33(15-17)23-20(9-6-12-30-23)24(34)32-38(35,36)22-11-5-10-21(31-22)37-16-18-7-4-8-19(13-18)26(27,28)29;1-17-14-26(5,6)32(15-17)23-18(24(34)31-38(35,36)22-9-7-8-19(27)28-22)10-11-20(29-23)33-13-12-21(30-33)37-16-25(2,3)4;1-14-12-24(2,3)30(13-14)21-16(7-9-19(28-21)17-11-15(25)6-8-18(17)26)22(31)29-35(33,34)20-5-4-10-27-23(20)32/h4-13,17H,14-16H2,1-3H3,(H,32,34);7-13,17H,14-16H2,1-6H3,(H2,27,28)(H,31,34);4-11,14H,12-13H2,1-3H3,(H,27,32)(H,29,31)/t;17-;14-/m.00/s1. The minimum absolute atomic E-state index is 0.0242. The number of sulfonamides is 3. The van der Waals surface area contributed by atoms with E-state index in [9.17, 15) is 66.4 Å². The largest absolute Gasteiger partial charge is 0.476 e. The zero-order valence-corrected chi connectivity index (χ0v) is 65.3. The van der Waals surface area contributed by atoms with Gasteiger partial charge in [0.25, 0.3) is 53.4 Å². The Labute approximate surface area is 639 Å². The fourth-order valence-corrected chi connectivity index (χ4v) is 16.5. The fraction of sp³-hybridized carbons (Fsp3) is 0.368. The second kappa shape index (κ2) is 32.2. The van der Waals surface area contributed by atoms with Gasteiger partial charge >= 0.3 is 6.18 Å². The van der Waals surface area contributed by atoms with Gasteiger partial charge in [-0.15, -0.1) is 5.10 Å². The molecule has 3 amide bonds. The van der Waals surface area contributed by atoms with Crippen LogP contribution in [0.1, 0.15) is 145 Å². The summed E-state index contributed by atoms with van der Waals surface area (Å²) in [5.41, 5.74) is 3.26. The number of halogens is 5. The van der Waals surface area contributed by atoms with Crippen molar-refractivity contribution in [3.8, 4) is 28.8 Å². The van der Waals surface area contributed by atoms with E-state index < -0.39 is 92.2 Å². The van der Waals surface area contributed by atoms with Crippen molar-refractivity contribution >= 4 is 71.1 Å². The van der Waals surface area contributed by atoms with Gasteiger partial charge in [0.1, 0.15) is 41.5 Å². The van der Waals surface area contributed by atoms with E-state index in [1.54, 1.807) is 41.3 Å². The molecule has 3 atom stereocenters. The maximum atomic E-state index is 14.5. The molecule has 0 bridgehead atoms. The van der Waals surface area contributed by atoms with Crippen molar-refractivity contribution in [2.75, 3.05) is 46.7 Å². The van der Waals surface area contributed by atoms with Crippen LogP contribution < -0.4 is 49.6 Å². The van der Waals surface area contributed by atoms with E-state index in [2.05, 4.69) is 83.2 Å². The maximum Gasteiger partial charge on any atom is 0.416 e. The van der Waals surface area contributed by atoms with Gasteiger partial charge in [-0.25, -0.2) is 56.0 Å². The Kier molecular flexibility index (Phi) is 23.9. The summed E-state index contributed by atoms with van der Waals surface area (Å²) in [6, 6.07) is 28.7. The number of pyridine rings is 6. The Morgan fingerprint density at radius 3 is 1.68 bits per heavy atom. The van der Waals surface area contributed by atoms with E-state index in [0.29, 0.717) is 61.4 Å².